The molecule has 0 aliphatic carbocycles. The summed E-state index contributed by atoms with van der Waals surface area (Å²) < 4.78 is 5.06. The van der Waals surface area contributed by atoms with Gasteiger partial charge in [0.15, 0.2) is 5.69 Å². The Balaban J connectivity index is 3.19. The van der Waals surface area contributed by atoms with E-state index in [4.69, 9.17) is 10.00 Å². The van der Waals surface area contributed by atoms with E-state index in [9.17, 15) is 0 Å². The summed E-state index contributed by atoms with van der Waals surface area (Å²) in [7, 11) is 0.126. The predicted molar refractivity (Wildman–Crippen MR) is 65.7 cm³/mol. The van der Waals surface area contributed by atoms with Crippen molar-refractivity contribution in [2.75, 3.05) is 7.11 Å². The van der Waals surface area contributed by atoms with Crippen molar-refractivity contribution in [2.45, 2.75) is 19.6 Å². The topological polar surface area (TPSA) is 45.9 Å². The number of hydrogen-bond acceptors (Lipinski definition) is 3. The highest BCUT2D eigenvalue weighted by Crippen LogP contribution is 2.13. The summed E-state index contributed by atoms with van der Waals surface area (Å²) >= 11 is 0. The van der Waals surface area contributed by atoms with Crippen LogP contribution in [-0.4, -0.2) is 20.2 Å². The third-order valence-electron chi connectivity index (χ3n) is 1.78. The maximum Gasteiger partial charge on any atom is 0.156 e. The summed E-state index contributed by atoms with van der Waals surface area (Å²) in [5.41, 5.74) is 4.20. The van der Waals surface area contributed by atoms with Crippen LogP contribution in [0.1, 0.15) is 11.3 Å². The molecule has 0 aliphatic heterocycles. The molecule has 4 heteroatoms. The van der Waals surface area contributed by atoms with E-state index in [0.29, 0.717) is 17.0 Å². The maximum absolute atomic E-state index is 8.90. The van der Waals surface area contributed by atoms with Crippen LogP contribution in [0.4, 0.5) is 0 Å². The summed E-state index contributed by atoms with van der Waals surface area (Å²) in [6, 6.07) is 3.78. The molecule has 1 rings (SSSR count). The molecule has 1 heterocycles. The van der Waals surface area contributed by atoms with Crippen molar-refractivity contribution in [1.82, 2.24) is 4.98 Å². The Morgan fingerprint density at radius 3 is 2.56 bits per heavy atom. The van der Waals surface area contributed by atoms with E-state index in [0.717, 1.165) is 0 Å². The number of pyridine rings is 1. The molecule has 0 aromatic carbocycles. The van der Waals surface area contributed by atoms with Gasteiger partial charge in [0, 0.05) is 6.07 Å². The summed E-state index contributed by atoms with van der Waals surface area (Å²) in [5, 5.41) is 8.90. The average molecular weight is 230 g/mol. The molecule has 1 aromatic heterocycles. The molecule has 0 saturated heterocycles. The monoisotopic (exact) mass is 230 g/mol. The number of methoxy groups -OCH3 is 1. The fourth-order valence-corrected chi connectivity index (χ4v) is 1.51. The first-order chi connectivity index (χ1) is 7.46. The van der Waals surface area contributed by atoms with Crippen molar-refractivity contribution < 1.29 is 4.74 Å². The zero-order valence-corrected chi connectivity index (χ0v) is 11.0. The summed E-state index contributed by atoms with van der Waals surface area (Å²) in [6.45, 7) is 6.46. The third-order valence-corrected chi connectivity index (χ3v) is 2.65. The molecule has 0 aliphatic rings. The quantitative estimate of drug-likeness (QED) is 0.549. The molecule has 0 N–H and O–H groups in total. The molecule has 1 aromatic rings. The molecule has 0 unspecified atom stereocenters. The van der Waals surface area contributed by atoms with Gasteiger partial charge in [0.1, 0.15) is 19.9 Å². The van der Waals surface area contributed by atoms with Crippen molar-refractivity contribution >= 4 is 8.07 Å². The van der Waals surface area contributed by atoms with E-state index in [1.54, 1.807) is 13.2 Å². The first kappa shape index (κ1) is 12.3. The lowest BCUT2D eigenvalue weighted by Crippen LogP contribution is -2.16. The van der Waals surface area contributed by atoms with Crippen molar-refractivity contribution in [2.24, 2.45) is 0 Å². The zero-order chi connectivity index (χ0) is 12.2. The Bertz CT molecular complexity index is 486. The molecule has 0 fully saturated rings. The van der Waals surface area contributed by atoms with Crippen LogP contribution < -0.4 is 4.74 Å². The van der Waals surface area contributed by atoms with Crippen LogP contribution in [0.5, 0.6) is 5.75 Å². The standard InChI is InChI=1S/C12H14N2OSi/c1-15-11-7-10(5-6-16(2,3)4)12(8-13)14-9-11/h7,9H,1-4H3. The van der Waals surface area contributed by atoms with Gasteiger partial charge in [0.25, 0.3) is 0 Å². The second-order valence-electron chi connectivity index (χ2n) is 4.38. The Kier molecular flexibility index (Phi) is 3.71. The van der Waals surface area contributed by atoms with E-state index in [1.807, 2.05) is 6.07 Å². The van der Waals surface area contributed by atoms with Crippen molar-refractivity contribution in [3.8, 4) is 23.3 Å². The van der Waals surface area contributed by atoms with Crippen LogP contribution in [0.2, 0.25) is 19.6 Å². The molecule has 0 spiro atoms. The number of aromatic nitrogens is 1. The Morgan fingerprint density at radius 1 is 1.38 bits per heavy atom. The predicted octanol–water partition coefficient (Wildman–Crippen LogP) is 2.19. The van der Waals surface area contributed by atoms with Crippen molar-refractivity contribution in [1.29, 1.82) is 5.26 Å². The van der Waals surface area contributed by atoms with Crippen LogP contribution >= 0.6 is 0 Å². The number of nitrogens with zero attached hydrogens (tertiary/aromatic N) is 2. The van der Waals surface area contributed by atoms with Gasteiger partial charge >= 0.3 is 0 Å². The smallest absolute Gasteiger partial charge is 0.156 e. The molecule has 0 bridgehead atoms. The van der Waals surface area contributed by atoms with E-state index in [1.165, 1.54) is 6.20 Å². The van der Waals surface area contributed by atoms with E-state index in [2.05, 4.69) is 36.1 Å². The molecule has 0 saturated carbocycles. The van der Waals surface area contributed by atoms with Crippen LogP contribution in [-0.2, 0) is 0 Å². The highest BCUT2D eigenvalue weighted by Gasteiger charge is 2.09. The second-order valence-corrected chi connectivity index (χ2v) is 9.13. The molecular weight excluding hydrogens is 216 g/mol. The van der Waals surface area contributed by atoms with Gasteiger partial charge in [-0.3, -0.25) is 0 Å². The maximum atomic E-state index is 8.90. The third kappa shape index (κ3) is 3.41. The minimum Gasteiger partial charge on any atom is -0.495 e. The van der Waals surface area contributed by atoms with Gasteiger partial charge in [0.2, 0.25) is 0 Å². The molecule has 16 heavy (non-hydrogen) atoms. The summed E-state index contributed by atoms with van der Waals surface area (Å²) in [5.74, 6) is 3.65. The van der Waals surface area contributed by atoms with E-state index < -0.39 is 8.07 Å². The van der Waals surface area contributed by atoms with E-state index >= 15 is 0 Å². The number of rotatable bonds is 1. The zero-order valence-electron chi connectivity index (χ0n) is 9.96. The van der Waals surface area contributed by atoms with E-state index in [-0.39, 0.29) is 0 Å². The van der Waals surface area contributed by atoms with Gasteiger partial charge in [-0.25, -0.2) is 4.98 Å². The van der Waals surface area contributed by atoms with Gasteiger partial charge < -0.3 is 4.74 Å². The lowest BCUT2D eigenvalue weighted by molar-refractivity contribution is 0.412. The molecule has 3 nitrogen and oxygen atoms in total. The molecule has 0 atom stereocenters. The SMILES string of the molecule is COc1cnc(C#N)c(C#C[Si](C)(C)C)c1. The lowest BCUT2D eigenvalue weighted by atomic mass is 10.2. The highest BCUT2D eigenvalue weighted by molar-refractivity contribution is 6.83. The highest BCUT2D eigenvalue weighted by atomic mass is 28.3. The van der Waals surface area contributed by atoms with Crippen molar-refractivity contribution in [3.05, 3.63) is 23.5 Å². The van der Waals surface area contributed by atoms with Crippen molar-refractivity contribution in [3.63, 3.8) is 0 Å². The Labute approximate surface area is 97.1 Å². The van der Waals surface area contributed by atoms with Gasteiger partial charge in [-0.15, -0.1) is 5.54 Å². The van der Waals surface area contributed by atoms with Gasteiger partial charge in [0.05, 0.1) is 18.9 Å². The minimum absolute atomic E-state index is 0.353. The van der Waals surface area contributed by atoms with Crippen LogP contribution in [0, 0.1) is 22.8 Å². The molecule has 0 radical (unpaired) electrons. The fourth-order valence-electron chi connectivity index (χ4n) is 0.996. The summed E-state index contributed by atoms with van der Waals surface area (Å²) in [4.78, 5) is 4.00. The second kappa shape index (κ2) is 4.83. The average Bonchev–Trinajstić information content (AvgIpc) is 2.25. The first-order valence-corrected chi connectivity index (χ1v) is 8.43. The Morgan fingerprint density at radius 2 is 2.06 bits per heavy atom. The number of ether oxygens (including phenoxy) is 1. The first-order valence-electron chi connectivity index (χ1n) is 4.93. The molecular formula is C12H14N2OSi. The van der Waals surface area contributed by atoms with Crippen LogP contribution in [0.15, 0.2) is 12.3 Å². The fraction of sp³-hybridized carbons (Fsp3) is 0.333. The normalized spacial score (nSPS) is 9.94. The molecule has 0 amide bonds. The number of hydrogen-bond donors (Lipinski definition) is 0. The minimum atomic E-state index is -1.44. The Hall–Kier alpha value is -1.78. The van der Waals surface area contributed by atoms with Crippen LogP contribution in [0.3, 0.4) is 0 Å². The summed E-state index contributed by atoms with van der Waals surface area (Å²) in [6.07, 6.45) is 1.53. The van der Waals surface area contributed by atoms with Crippen LogP contribution in [0.25, 0.3) is 0 Å². The number of nitriles is 1. The largest absolute Gasteiger partial charge is 0.495 e. The molecule has 82 valence electrons. The van der Waals surface area contributed by atoms with Gasteiger partial charge in [-0.05, 0) is 0 Å². The lowest BCUT2D eigenvalue weighted by Gasteiger charge is -2.04. The van der Waals surface area contributed by atoms with Gasteiger partial charge in [-0.1, -0.05) is 25.6 Å². The van der Waals surface area contributed by atoms with Gasteiger partial charge in [-0.2, -0.15) is 5.26 Å².